The molecule has 0 aromatic heterocycles. The van der Waals surface area contributed by atoms with Crippen molar-refractivity contribution >= 4 is 0 Å². The van der Waals surface area contributed by atoms with Crippen molar-refractivity contribution in [3.63, 3.8) is 0 Å². The fraction of sp³-hybridized carbons (Fsp3) is 0.647. The second-order valence-corrected chi connectivity index (χ2v) is 5.93. The van der Waals surface area contributed by atoms with Crippen LogP contribution in [-0.4, -0.2) is 25.3 Å². The highest BCUT2D eigenvalue weighted by Crippen LogP contribution is 2.28. The molecule has 0 fully saturated rings. The molecule has 3 nitrogen and oxygen atoms in total. The number of rotatable bonds is 8. The molecular weight excluding hydrogens is 250 g/mol. The second-order valence-electron chi connectivity index (χ2n) is 5.93. The van der Waals surface area contributed by atoms with Crippen molar-refractivity contribution in [3.8, 4) is 11.5 Å². The van der Waals surface area contributed by atoms with Crippen LogP contribution in [0.1, 0.15) is 46.6 Å². The monoisotopic (exact) mass is 279 g/mol. The van der Waals surface area contributed by atoms with Gasteiger partial charge in [-0.3, -0.25) is 0 Å². The van der Waals surface area contributed by atoms with E-state index in [-0.39, 0.29) is 5.54 Å². The minimum atomic E-state index is 0.190. The summed E-state index contributed by atoms with van der Waals surface area (Å²) >= 11 is 0. The molecule has 0 saturated heterocycles. The highest BCUT2D eigenvalue weighted by atomic mass is 16.5. The summed E-state index contributed by atoms with van der Waals surface area (Å²) in [6, 6.07) is 6.25. The van der Waals surface area contributed by atoms with E-state index in [1.54, 1.807) is 0 Å². The molecule has 1 aromatic carbocycles. The summed E-state index contributed by atoms with van der Waals surface area (Å²) in [5.74, 6) is 1.70. The first-order chi connectivity index (χ1) is 9.46. The van der Waals surface area contributed by atoms with Gasteiger partial charge in [-0.05, 0) is 71.7 Å². The van der Waals surface area contributed by atoms with Gasteiger partial charge in [-0.1, -0.05) is 6.07 Å². The molecule has 0 radical (unpaired) electrons. The predicted octanol–water partition coefficient (Wildman–Crippen LogP) is 3.80. The lowest BCUT2D eigenvalue weighted by Crippen LogP contribution is -2.36. The summed E-state index contributed by atoms with van der Waals surface area (Å²) in [5.41, 5.74) is 1.49. The molecule has 20 heavy (non-hydrogen) atoms. The van der Waals surface area contributed by atoms with Crippen molar-refractivity contribution in [2.24, 2.45) is 0 Å². The minimum absolute atomic E-state index is 0.190. The lowest BCUT2D eigenvalue weighted by Gasteiger charge is -2.20. The van der Waals surface area contributed by atoms with Crippen LogP contribution in [0.5, 0.6) is 11.5 Å². The van der Waals surface area contributed by atoms with Crippen molar-refractivity contribution in [1.29, 1.82) is 0 Å². The Morgan fingerprint density at radius 1 is 1.00 bits per heavy atom. The molecule has 0 aliphatic heterocycles. The minimum Gasteiger partial charge on any atom is -0.490 e. The fourth-order valence-corrected chi connectivity index (χ4v) is 2.01. The first-order valence-electron chi connectivity index (χ1n) is 7.59. The number of hydrogen-bond acceptors (Lipinski definition) is 3. The standard InChI is InChI=1S/C17H29NO2/c1-6-19-15-11-10-14(13-16(15)20-7-2)9-8-12-18-17(3,4)5/h10-11,13,18H,6-9,12H2,1-5H3. The van der Waals surface area contributed by atoms with Crippen molar-refractivity contribution in [1.82, 2.24) is 5.32 Å². The zero-order valence-corrected chi connectivity index (χ0v) is 13.6. The van der Waals surface area contributed by atoms with Crippen LogP contribution < -0.4 is 14.8 Å². The van der Waals surface area contributed by atoms with Gasteiger partial charge in [0.2, 0.25) is 0 Å². The largest absolute Gasteiger partial charge is 0.490 e. The van der Waals surface area contributed by atoms with Crippen molar-refractivity contribution in [2.75, 3.05) is 19.8 Å². The fourth-order valence-electron chi connectivity index (χ4n) is 2.01. The predicted molar refractivity (Wildman–Crippen MR) is 84.9 cm³/mol. The summed E-state index contributed by atoms with van der Waals surface area (Å²) in [5, 5.41) is 3.51. The van der Waals surface area contributed by atoms with E-state index in [1.165, 1.54) is 5.56 Å². The molecule has 0 atom stereocenters. The van der Waals surface area contributed by atoms with Gasteiger partial charge in [0.25, 0.3) is 0 Å². The zero-order chi connectivity index (χ0) is 15.0. The molecule has 0 aliphatic carbocycles. The molecule has 0 spiro atoms. The first kappa shape index (κ1) is 16.8. The smallest absolute Gasteiger partial charge is 0.161 e. The van der Waals surface area contributed by atoms with E-state index in [9.17, 15) is 0 Å². The molecule has 0 unspecified atom stereocenters. The van der Waals surface area contributed by atoms with Gasteiger partial charge in [-0.2, -0.15) is 0 Å². The van der Waals surface area contributed by atoms with Gasteiger partial charge in [0.15, 0.2) is 11.5 Å². The molecule has 114 valence electrons. The number of benzene rings is 1. The van der Waals surface area contributed by atoms with Crippen LogP contribution in [-0.2, 0) is 6.42 Å². The van der Waals surface area contributed by atoms with E-state index in [0.29, 0.717) is 13.2 Å². The molecule has 0 aliphatic rings. The highest BCUT2D eigenvalue weighted by Gasteiger charge is 2.08. The molecule has 1 rings (SSSR count). The summed E-state index contributed by atoms with van der Waals surface area (Å²) in [7, 11) is 0. The van der Waals surface area contributed by atoms with Gasteiger partial charge in [-0.15, -0.1) is 0 Å². The Labute approximate surface area is 123 Å². The third-order valence-electron chi connectivity index (χ3n) is 2.91. The van der Waals surface area contributed by atoms with Gasteiger partial charge >= 0.3 is 0 Å². The van der Waals surface area contributed by atoms with Crippen molar-refractivity contribution < 1.29 is 9.47 Å². The van der Waals surface area contributed by atoms with E-state index in [0.717, 1.165) is 30.9 Å². The van der Waals surface area contributed by atoms with Crippen LogP contribution in [0.25, 0.3) is 0 Å². The molecule has 0 bridgehead atoms. The molecule has 0 heterocycles. The third kappa shape index (κ3) is 6.29. The highest BCUT2D eigenvalue weighted by molar-refractivity contribution is 5.43. The van der Waals surface area contributed by atoms with Gasteiger partial charge in [0, 0.05) is 5.54 Å². The Kier molecular flexibility index (Phi) is 6.86. The third-order valence-corrected chi connectivity index (χ3v) is 2.91. The number of nitrogens with one attached hydrogen (secondary N) is 1. The van der Waals surface area contributed by atoms with Gasteiger partial charge in [-0.25, -0.2) is 0 Å². The molecular formula is C17H29NO2. The SMILES string of the molecule is CCOc1ccc(CCCNC(C)(C)C)cc1OCC. The summed E-state index contributed by atoms with van der Waals surface area (Å²) < 4.78 is 11.2. The van der Waals surface area contributed by atoms with Crippen LogP contribution in [0, 0.1) is 0 Å². The Hall–Kier alpha value is -1.22. The van der Waals surface area contributed by atoms with E-state index in [2.05, 4.69) is 38.2 Å². The Morgan fingerprint density at radius 2 is 1.65 bits per heavy atom. The van der Waals surface area contributed by atoms with Crippen molar-refractivity contribution in [3.05, 3.63) is 23.8 Å². The van der Waals surface area contributed by atoms with E-state index in [4.69, 9.17) is 9.47 Å². The summed E-state index contributed by atoms with van der Waals surface area (Å²) in [4.78, 5) is 0. The maximum Gasteiger partial charge on any atom is 0.161 e. The van der Waals surface area contributed by atoms with Gasteiger partial charge < -0.3 is 14.8 Å². The molecule has 1 N–H and O–H groups in total. The van der Waals surface area contributed by atoms with Gasteiger partial charge in [0.1, 0.15) is 0 Å². The topological polar surface area (TPSA) is 30.5 Å². The first-order valence-corrected chi connectivity index (χ1v) is 7.59. The number of aryl methyl sites for hydroxylation is 1. The second kappa shape index (κ2) is 8.15. The molecule has 0 saturated carbocycles. The summed E-state index contributed by atoms with van der Waals surface area (Å²) in [6.45, 7) is 12.9. The average Bonchev–Trinajstić information content (AvgIpc) is 2.37. The average molecular weight is 279 g/mol. The maximum absolute atomic E-state index is 5.65. The molecule has 3 heteroatoms. The van der Waals surface area contributed by atoms with Crippen LogP contribution in [0.4, 0.5) is 0 Å². The lowest BCUT2D eigenvalue weighted by atomic mass is 10.1. The van der Waals surface area contributed by atoms with E-state index >= 15 is 0 Å². The lowest BCUT2D eigenvalue weighted by molar-refractivity contribution is 0.287. The Bertz CT molecular complexity index is 396. The molecule has 0 amide bonds. The van der Waals surface area contributed by atoms with Crippen LogP contribution in [0.15, 0.2) is 18.2 Å². The summed E-state index contributed by atoms with van der Waals surface area (Å²) in [6.07, 6.45) is 2.17. The Morgan fingerprint density at radius 3 is 2.25 bits per heavy atom. The normalized spacial score (nSPS) is 11.4. The van der Waals surface area contributed by atoms with Gasteiger partial charge in [0.05, 0.1) is 13.2 Å². The Balaban J connectivity index is 2.56. The quantitative estimate of drug-likeness (QED) is 0.734. The van der Waals surface area contributed by atoms with Crippen LogP contribution in [0.2, 0.25) is 0 Å². The van der Waals surface area contributed by atoms with Crippen LogP contribution in [0.3, 0.4) is 0 Å². The zero-order valence-electron chi connectivity index (χ0n) is 13.6. The van der Waals surface area contributed by atoms with E-state index < -0.39 is 0 Å². The van der Waals surface area contributed by atoms with Crippen LogP contribution >= 0.6 is 0 Å². The number of hydrogen-bond donors (Lipinski definition) is 1. The van der Waals surface area contributed by atoms with E-state index in [1.807, 2.05) is 19.9 Å². The maximum atomic E-state index is 5.65. The van der Waals surface area contributed by atoms with Crippen molar-refractivity contribution in [2.45, 2.75) is 53.0 Å². The number of ether oxygens (including phenoxy) is 2. The molecule has 1 aromatic rings.